The molecular formula is C104H117N9O16Si2. The Hall–Kier alpha value is -12.6. The van der Waals surface area contributed by atoms with E-state index in [1.807, 2.05) is 182 Å². The molecule has 6 heterocycles. The molecule has 0 aliphatic carbocycles. The molecule has 0 saturated carbocycles. The van der Waals surface area contributed by atoms with Crippen molar-refractivity contribution in [1.82, 2.24) is 28.7 Å². The third-order valence-electron chi connectivity index (χ3n) is 24.5. The number of aliphatic hydroxyl groups is 2. The van der Waals surface area contributed by atoms with Crippen LogP contribution in [0.15, 0.2) is 342 Å². The number of carboxylic acids is 1. The van der Waals surface area contributed by atoms with Crippen LogP contribution in [-0.4, -0.2) is 139 Å². The second kappa shape index (κ2) is 43.4. The van der Waals surface area contributed by atoms with Crippen LogP contribution >= 0.6 is 0 Å². The van der Waals surface area contributed by atoms with Crippen molar-refractivity contribution in [2.45, 2.75) is 126 Å². The quantitative estimate of drug-likeness (QED) is 0.0187. The minimum atomic E-state index is -2.92. The summed E-state index contributed by atoms with van der Waals surface area (Å²) >= 11 is 0. The molecule has 0 radical (unpaired) electrons. The maximum absolute atomic E-state index is 13.2. The Bertz CT molecular complexity index is 5810. The maximum Gasteiger partial charge on any atom is 0.351 e. The molecule has 3 aliphatic rings. The number of carboxylic acid groups (broad SMARTS) is 1. The summed E-state index contributed by atoms with van der Waals surface area (Å²) in [7, 11) is -2.35. The monoisotopic (exact) mass is 1800 g/mol. The van der Waals surface area contributed by atoms with Crippen LogP contribution in [0.4, 0.5) is 17.5 Å². The summed E-state index contributed by atoms with van der Waals surface area (Å²) in [4.78, 5) is 58.6. The Morgan fingerprint density at radius 1 is 0.366 bits per heavy atom. The van der Waals surface area contributed by atoms with Crippen molar-refractivity contribution < 1.29 is 62.1 Å². The molecule has 25 nitrogen and oxygen atoms in total. The molecule has 27 heteroatoms. The summed E-state index contributed by atoms with van der Waals surface area (Å²) in [5.41, 5.74) is 19.7. The first-order chi connectivity index (χ1) is 63.2. The van der Waals surface area contributed by atoms with Gasteiger partial charge in [-0.1, -0.05) is 308 Å². The topological polar surface area (TPSA) is 344 Å². The van der Waals surface area contributed by atoms with E-state index in [0.717, 1.165) is 51.8 Å². The van der Waals surface area contributed by atoms with Crippen LogP contribution in [0.1, 0.15) is 120 Å². The molecule has 131 heavy (non-hydrogen) atoms. The molecule has 9 atom stereocenters. The average Bonchev–Trinajstić information content (AvgIpc) is 1.25. The highest BCUT2D eigenvalue weighted by Gasteiger charge is 2.54. The predicted molar refractivity (Wildman–Crippen MR) is 513 cm³/mol. The first-order valence-corrected chi connectivity index (χ1v) is 47.7. The van der Waals surface area contributed by atoms with Gasteiger partial charge in [-0.2, -0.15) is 15.0 Å². The third kappa shape index (κ3) is 21.7. The van der Waals surface area contributed by atoms with Gasteiger partial charge in [-0.3, -0.25) is 18.5 Å². The first-order valence-electron chi connectivity index (χ1n) is 43.9. The van der Waals surface area contributed by atoms with Crippen molar-refractivity contribution in [2.24, 2.45) is 17.8 Å². The van der Waals surface area contributed by atoms with E-state index in [1.165, 1.54) is 34.4 Å². The zero-order valence-corrected chi connectivity index (χ0v) is 77.3. The second-order valence-electron chi connectivity index (χ2n) is 34.7. The molecule has 10 aromatic carbocycles. The smallest absolute Gasteiger partial charge is 0.351 e. The number of anilines is 3. The standard InChI is InChI=1S/C46H49N3O5Si.C30H31N3O5.C26H33N3O4Si.C2H4O2/c1-45(2,3)55(39-21-13-7-14-22-39,40-23-15-8-16-24-40)53-33-41-34(31-43(54-41)49-30-29-42(47)48-44(49)50)32-52-46(35-17-9-5-10-18-35,36-19-11-6-12-20-36)37-25-27-38(51-4)28-26-37;1-36-25-14-12-24(13-15-25)30(22-8-4-2-5-9-22,23-10-6-3-7-11-23)37-20-21-18-28(38-26(21)19-34)33-17-16-27(31)32-29(33)35;1-26(2,3)34(20-10-6-4-7-11-20,21-12-8-5-9-13-21)32-18-22-19(17-30)16-24(33-22)29-15-14-23(27)28-25(29)31;1-2(3)4/h5-30,34,41,43H,31-33H2,1-4H3,(H2,47,48,50);2-17,21,26,28,34H,18-20H2,1H3,(H2,31,32,35);4-15,19,22,24,30H,16-18H2,1-3H3,(H2,27,28,31);1H3,(H,3,4). The average molecular weight is 1810 g/mol. The van der Waals surface area contributed by atoms with Gasteiger partial charge in [0.1, 0.15) is 58.8 Å². The van der Waals surface area contributed by atoms with Crippen LogP contribution < -0.4 is 64.5 Å². The Labute approximate surface area is 766 Å². The van der Waals surface area contributed by atoms with Crippen LogP contribution in [0.5, 0.6) is 11.5 Å². The fraction of sp³-hybridized carbons (Fsp3) is 0.298. The maximum atomic E-state index is 13.2. The minimum absolute atomic E-state index is 0.0531. The normalized spacial score (nSPS) is 18.6. The summed E-state index contributed by atoms with van der Waals surface area (Å²) < 4.78 is 63.3. The van der Waals surface area contributed by atoms with E-state index in [9.17, 15) is 24.6 Å². The number of hydrogen-bond donors (Lipinski definition) is 6. The van der Waals surface area contributed by atoms with Crippen molar-refractivity contribution in [3.05, 3.63) is 393 Å². The summed E-state index contributed by atoms with van der Waals surface area (Å²) in [5, 5.41) is 32.0. The Kier molecular flexibility index (Phi) is 31.8. The second-order valence-corrected chi connectivity index (χ2v) is 43.4. The molecule has 682 valence electrons. The lowest BCUT2D eigenvalue weighted by Crippen LogP contribution is -2.67. The van der Waals surface area contributed by atoms with E-state index in [4.69, 9.17) is 69.1 Å². The number of benzene rings is 10. The molecule has 3 fully saturated rings. The highest BCUT2D eigenvalue weighted by atomic mass is 28.4. The van der Waals surface area contributed by atoms with Crippen LogP contribution in [0, 0.1) is 17.8 Å². The number of methoxy groups -OCH3 is 2. The largest absolute Gasteiger partial charge is 0.497 e. The fourth-order valence-electron chi connectivity index (χ4n) is 18.1. The number of rotatable bonds is 29. The van der Waals surface area contributed by atoms with E-state index in [-0.39, 0.29) is 71.2 Å². The first kappa shape index (κ1) is 96.0. The molecule has 0 spiro atoms. The van der Waals surface area contributed by atoms with Gasteiger partial charge in [-0.15, -0.1) is 0 Å². The number of hydrogen-bond acceptors (Lipinski definition) is 21. The molecule has 3 aromatic heterocycles. The van der Waals surface area contributed by atoms with Crippen molar-refractivity contribution >= 4 is 60.8 Å². The molecule has 0 amide bonds. The van der Waals surface area contributed by atoms with Gasteiger partial charge in [0.25, 0.3) is 22.6 Å². The van der Waals surface area contributed by atoms with Gasteiger partial charge in [0, 0.05) is 69.1 Å². The lowest BCUT2D eigenvalue weighted by molar-refractivity contribution is -0.134. The van der Waals surface area contributed by atoms with E-state index >= 15 is 0 Å². The fourth-order valence-corrected chi connectivity index (χ4v) is 27.3. The summed E-state index contributed by atoms with van der Waals surface area (Å²) in [5.74, 6) is 0.653. The zero-order chi connectivity index (χ0) is 92.9. The Morgan fingerprint density at radius 2 is 0.611 bits per heavy atom. The Balaban J connectivity index is 0.000000169. The molecule has 13 aromatic rings. The SMILES string of the molecule is CC(=O)O.CC(C)(C)[Si](OCC1OC(n2ccc(N)nc2=O)CC1CO)(c1ccccc1)c1ccccc1.COc1ccc(C(OCC2CC(n3ccc(N)nc3=O)OC2CO)(c2ccccc2)c2ccccc2)cc1.COc1ccc(C(OCC2CC(n3ccc(N)nc3=O)OC2CO[Si](c2ccccc2)(c2ccccc2)C(C)(C)C)(c2ccccc2)c2ccccc2)cc1. The third-order valence-corrected chi connectivity index (χ3v) is 34.5. The van der Waals surface area contributed by atoms with E-state index in [0.29, 0.717) is 39.1 Å². The van der Waals surface area contributed by atoms with Gasteiger partial charge in [-0.05, 0) is 107 Å². The number of aliphatic carboxylic acids is 1. The predicted octanol–water partition coefficient (Wildman–Crippen LogP) is 13.5. The number of nitrogen functional groups attached to an aromatic ring is 3. The highest BCUT2D eigenvalue weighted by Crippen LogP contribution is 2.48. The van der Waals surface area contributed by atoms with Gasteiger partial charge in [0.05, 0.1) is 65.6 Å². The van der Waals surface area contributed by atoms with Crippen LogP contribution in [0.2, 0.25) is 10.1 Å². The van der Waals surface area contributed by atoms with Crippen LogP contribution in [-0.2, 0) is 48.5 Å². The van der Waals surface area contributed by atoms with Crippen LogP contribution in [0.3, 0.4) is 0 Å². The summed E-state index contributed by atoms with van der Waals surface area (Å²) in [6, 6.07) is 103. The van der Waals surface area contributed by atoms with E-state index in [1.54, 1.807) is 51.0 Å². The van der Waals surface area contributed by atoms with Crippen LogP contribution in [0.25, 0.3) is 0 Å². The van der Waals surface area contributed by atoms with Gasteiger partial charge in [0.2, 0.25) is 0 Å². The summed E-state index contributed by atoms with van der Waals surface area (Å²) in [6.07, 6.45) is 3.31. The minimum Gasteiger partial charge on any atom is -0.497 e. The van der Waals surface area contributed by atoms with E-state index in [2.05, 4.69) is 166 Å². The number of aliphatic hydroxyl groups excluding tert-OH is 2. The molecule has 9 unspecified atom stereocenters. The van der Waals surface area contributed by atoms with E-state index < -0.39 is 81.8 Å². The lowest BCUT2D eigenvalue weighted by atomic mass is 9.80. The molecule has 9 N–H and O–H groups in total. The van der Waals surface area contributed by atoms with Crippen molar-refractivity contribution in [1.29, 1.82) is 0 Å². The number of ether oxygens (including phenoxy) is 7. The van der Waals surface area contributed by atoms with Gasteiger partial charge >= 0.3 is 17.1 Å². The molecular weight excluding hydrogens is 1690 g/mol. The van der Waals surface area contributed by atoms with Crippen molar-refractivity contribution in [3.8, 4) is 11.5 Å². The van der Waals surface area contributed by atoms with Crippen molar-refractivity contribution in [3.63, 3.8) is 0 Å². The number of nitrogens with zero attached hydrogens (tertiary/aromatic N) is 6. The number of carbonyl (C=O) groups is 1. The van der Waals surface area contributed by atoms with Gasteiger partial charge in [0.15, 0.2) is 0 Å². The molecule has 3 saturated heterocycles. The Morgan fingerprint density at radius 3 is 0.863 bits per heavy atom. The van der Waals surface area contributed by atoms with Gasteiger partial charge in [-0.25, -0.2) is 14.4 Å². The molecule has 0 bridgehead atoms. The zero-order valence-electron chi connectivity index (χ0n) is 75.3. The molecule has 3 aliphatic heterocycles. The molecule has 16 rings (SSSR count). The lowest BCUT2D eigenvalue weighted by Gasteiger charge is -2.44. The van der Waals surface area contributed by atoms with Gasteiger partial charge < -0.3 is 74.5 Å². The number of nitrogens with two attached hydrogens (primary N) is 3. The highest BCUT2D eigenvalue weighted by molar-refractivity contribution is 7.00. The summed E-state index contributed by atoms with van der Waals surface area (Å²) in [6.45, 7) is 15.5. The van der Waals surface area contributed by atoms with Crippen molar-refractivity contribution in [2.75, 3.05) is 71.1 Å². The number of aromatic nitrogens is 6.